The van der Waals surface area contributed by atoms with Crippen molar-refractivity contribution in [2.45, 2.75) is 0 Å². The zero-order valence-electron chi connectivity index (χ0n) is 15.3. The van der Waals surface area contributed by atoms with Crippen LogP contribution < -0.4 is 0 Å². The Morgan fingerprint density at radius 2 is 1.17 bits per heavy atom. The molecule has 0 aromatic heterocycles. The van der Waals surface area contributed by atoms with Gasteiger partial charge in [0.25, 0.3) is 11.4 Å². The van der Waals surface area contributed by atoms with Gasteiger partial charge in [0, 0.05) is 11.1 Å². The number of hydrogen-bond acceptors (Lipinski definition) is 5. The van der Waals surface area contributed by atoms with Crippen LogP contribution in [0.3, 0.4) is 0 Å². The second-order valence-corrected chi connectivity index (χ2v) is 7.02. The topological polar surface area (TPSA) is 107 Å². The van der Waals surface area contributed by atoms with Gasteiger partial charge in [0.15, 0.2) is 0 Å². The minimum atomic E-state index is -0.554. The van der Waals surface area contributed by atoms with E-state index < -0.39 is 9.85 Å². The molecule has 148 valence electrons. The number of hydrogen-bond donors (Lipinski definition) is 1. The Balaban J connectivity index is 2.02. The molecule has 8 heteroatoms. The van der Waals surface area contributed by atoms with E-state index in [1.54, 1.807) is 48.5 Å². The molecule has 0 heterocycles. The zero-order chi connectivity index (χ0) is 21.4. The van der Waals surface area contributed by atoms with Gasteiger partial charge in [0.2, 0.25) is 0 Å². The number of fused-ring (bicyclic) bond motifs is 1. The van der Waals surface area contributed by atoms with Crippen molar-refractivity contribution >= 4 is 33.7 Å². The van der Waals surface area contributed by atoms with Crippen LogP contribution in [0.1, 0.15) is 0 Å². The van der Waals surface area contributed by atoms with Gasteiger partial charge in [-0.05, 0) is 46.2 Å². The number of halogens is 1. The van der Waals surface area contributed by atoms with Crippen molar-refractivity contribution in [2.24, 2.45) is 0 Å². The number of nitro groups is 2. The van der Waals surface area contributed by atoms with E-state index in [1.165, 1.54) is 18.2 Å². The van der Waals surface area contributed by atoms with Gasteiger partial charge in [0.1, 0.15) is 5.75 Å². The number of nitro benzene ring substituents is 2. The van der Waals surface area contributed by atoms with Crippen LogP contribution >= 0.6 is 11.6 Å². The summed E-state index contributed by atoms with van der Waals surface area (Å²) in [5.74, 6) is -0.205. The summed E-state index contributed by atoms with van der Waals surface area (Å²) in [7, 11) is 0. The molecule has 4 aromatic rings. The summed E-state index contributed by atoms with van der Waals surface area (Å²) in [5, 5.41) is 34.4. The van der Waals surface area contributed by atoms with Crippen molar-refractivity contribution < 1.29 is 15.0 Å². The van der Waals surface area contributed by atoms with Crippen molar-refractivity contribution in [3.63, 3.8) is 0 Å². The smallest absolute Gasteiger partial charge is 0.280 e. The molecule has 0 aliphatic heterocycles. The summed E-state index contributed by atoms with van der Waals surface area (Å²) in [6, 6.07) is 19.0. The van der Waals surface area contributed by atoms with Crippen molar-refractivity contribution in [3.8, 4) is 28.0 Å². The SMILES string of the molecule is O=[N+]([O-])c1cc(O)ccc1-c1cccc2c(-c3ccc(Cl)cc3[N+](=O)[O-])cccc12. The Morgan fingerprint density at radius 1 is 0.667 bits per heavy atom. The summed E-state index contributed by atoms with van der Waals surface area (Å²) in [6.45, 7) is 0. The molecular formula is C22H13ClN2O5. The largest absolute Gasteiger partial charge is 0.508 e. The lowest BCUT2D eigenvalue weighted by atomic mass is 9.92. The fraction of sp³-hybridized carbons (Fsp3) is 0. The Kier molecular flexibility index (Phi) is 4.81. The molecule has 0 aliphatic rings. The number of phenols is 1. The van der Waals surface area contributed by atoms with Gasteiger partial charge < -0.3 is 5.11 Å². The zero-order valence-corrected chi connectivity index (χ0v) is 16.0. The Bertz CT molecular complexity index is 1230. The van der Waals surface area contributed by atoms with Crippen molar-refractivity contribution in [3.05, 3.63) is 98.0 Å². The highest BCUT2D eigenvalue weighted by Crippen LogP contribution is 2.41. The minimum Gasteiger partial charge on any atom is -0.508 e. The van der Waals surface area contributed by atoms with E-state index in [1.807, 2.05) is 0 Å². The molecule has 0 amide bonds. The van der Waals surface area contributed by atoms with Gasteiger partial charge in [-0.15, -0.1) is 0 Å². The fourth-order valence-corrected chi connectivity index (χ4v) is 3.73. The Labute approximate surface area is 175 Å². The van der Waals surface area contributed by atoms with Crippen LogP contribution in [0, 0.1) is 20.2 Å². The number of benzene rings is 4. The van der Waals surface area contributed by atoms with Crippen molar-refractivity contribution in [1.82, 2.24) is 0 Å². The van der Waals surface area contributed by atoms with Gasteiger partial charge in [-0.25, -0.2) is 0 Å². The van der Waals surface area contributed by atoms with Gasteiger partial charge >= 0.3 is 0 Å². The predicted molar refractivity (Wildman–Crippen MR) is 115 cm³/mol. The average molecular weight is 421 g/mol. The normalized spacial score (nSPS) is 10.8. The molecule has 0 atom stereocenters. The van der Waals surface area contributed by atoms with E-state index in [-0.39, 0.29) is 22.1 Å². The van der Waals surface area contributed by atoms with E-state index in [2.05, 4.69) is 0 Å². The predicted octanol–water partition coefficient (Wildman–Crippen LogP) is 6.35. The highest BCUT2D eigenvalue weighted by atomic mass is 35.5. The van der Waals surface area contributed by atoms with Crippen LogP contribution in [0.25, 0.3) is 33.0 Å². The molecule has 0 bridgehead atoms. The van der Waals surface area contributed by atoms with Crippen LogP contribution in [-0.2, 0) is 0 Å². The molecule has 7 nitrogen and oxygen atoms in total. The molecule has 0 saturated carbocycles. The summed E-state index contributed by atoms with van der Waals surface area (Å²) in [5.41, 5.74) is 1.57. The van der Waals surface area contributed by atoms with E-state index in [0.29, 0.717) is 33.0 Å². The molecule has 0 unspecified atom stereocenters. The first-order chi connectivity index (χ1) is 14.4. The van der Waals surface area contributed by atoms with Crippen LogP contribution in [0.4, 0.5) is 11.4 Å². The maximum absolute atomic E-state index is 11.6. The second kappa shape index (κ2) is 7.46. The molecule has 0 fully saturated rings. The highest BCUT2D eigenvalue weighted by Gasteiger charge is 2.21. The molecule has 0 spiro atoms. The van der Waals surface area contributed by atoms with Crippen LogP contribution in [0.5, 0.6) is 5.75 Å². The molecular weight excluding hydrogens is 408 g/mol. The standard InChI is InChI=1S/C22H13ClN2O5/c23-13-7-9-19(21(11-13)24(27)28)17-5-1-4-16-15(17)3-2-6-18(16)20-10-8-14(26)12-22(20)25(29)30/h1-12,26H. The third-order valence-electron chi connectivity index (χ3n) is 4.84. The first-order valence-corrected chi connectivity index (χ1v) is 9.18. The lowest BCUT2D eigenvalue weighted by Gasteiger charge is -2.12. The quantitative estimate of drug-likeness (QED) is 0.306. The van der Waals surface area contributed by atoms with E-state index in [4.69, 9.17) is 11.6 Å². The lowest BCUT2D eigenvalue weighted by Crippen LogP contribution is -1.94. The van der Waals surface area contributed by atoms with Gasteiger partial charge in [-0.3, -0.25) is 20.2 Å². The first-order valence-electron chi connectivity index (χ1n) is 8.80. The molecule has 1 N–H and O–H groups in total. The van der Waals surface area contributed by atoms with Gasteiger partial charge in [0.05, 0.1) is 27.0 Å². The Morgan fingerprint density at radius 3 is 1.70 bits per heavy atom. The monoisotopic (exact) mass is 420 g/mol. The van der Waals surface area contributed by atoms with E-state index in [9.17, 15) is 25.3 Å². The minimum absolute atomic E-state index is 0.129. The average Bonchev–Trinajstić information content (AvgIpc) is 2.73. The van der Waals surface area contributed by atoms with Crippen LogP contribution in [0.2, 0.25) is 5.02 Å². The number of rotatable bonds is 4. The highest BCUT2D eigenvalue weighted by molar-refractivity contribution is 6.31. The lowest BCUT2D eigenvalue weighted by molar-refractivity contribution is -0.384. The van der Waals surface area contributed by atoms with Crippen LogP contribution in [0.15, 0.2) is 72.8 Å². The molecule has 0 saturated heterocycles. The maximum atomic E-state index is 11.6. The van der Waals surface area contributed by atoms with Crippen molar-refractivity contribution in [2.75, 3.05) is 0 Å². The van der Waals surface area contributed by atoms with E-state index >= 15 is 0 Å². The first kappa shape index (κ1) is 19.4. The molecule has 4 aromatic carbocycles. The molecule has 30 heavy (non-hydrogen) atoms. The molecule has 4 rings (SSSR count). The van der Waals surface area contributed by atoms with E-state index in [0.717, 1.165) is 6.07 Å². The number of aromatic hydroxyl groups is 1. The molecule has 0 aliphatic carbocycles. The summed E-state index contributed by atoms with van der Waals surface area (Å²) >= 11 is 5.94. The molecule has 0 radical (unpaired) electrons. The maximum Gasteiger partial charge on any atom is 0.280 e. The van der Waals surface area contributed by atoms with Gasteiger partial charge in [-0.2, -0.15) is 0 Å². The number of nitrogens with zero attached hydrogens (tertiary/aromatic N) is 2. The third kappa shape index (κ3) is 3.31. The van der Waals surface area contributed by atoms with Crippen LogP contribution in [-0.4, -0.2) is 15.0 Å². The third-order valence-corrected chi connectivity index (χ3v) is 5.07. The van der Waals surface area contributed by atoms with Gasteiger partial charge in [-0.1, -0.05) is 48.0 Å². The Hall–Kier alpha value is -3.97. The second-order valence-electron chi connectivity index (χ2n) is 6.58. The summed E-state index contributed by atoms with van der Waals surface area (Å²) in [4.78, 5) is 22.1. The summed E-state index contributed by atoms with van der Waals surface area (Å²) in [6.07, 6.45) is 0. The summed E-state index contributed by atoms with van der Waals surface area (Å²) < 4.78 is 0. The fourth-order valence-electron chi connectivity index (χ4n) is 3.56. The van der Waals surface area contributed by atoms with Crippen molar-refractivity contribution in [1.29, 1.82) is 0 Å². The number of phenolic OH excluding ortho intramolecular Hbond substituents is 1.